The highest BCUT2D eigenvalue weighted by Crippen LogP contribution is 2.25. The van der Waals surface area contributed by atoms with Crippen molar-refractivity contribution in [3.63, 3.8) is 0 Å². The van der Waals surface area contributed by atoms with Crippen LogP contribution < -0.4 is 0 Å². The quantitative estimate of drug-likeness (QED) is 0.793. The second-order valence-electron chi connectivity index (χ2n) is 4.06. The Morgan fingerprint density at radius 1 is 1.35 bits per heavy atom. The number of nitrogens with zero attached hydrogens (tertiary/aromatic N) is 3. The number of benzene rings is 1. The van der Waals surface area contributed by atoms with Crippen LogP contribution in [0.3, 0.4) is 0 Å². The molecule has 0 saturated heterocycles. The number of rotatable bonds is 2. The minimum atomic E-state index is -0.397. The first-order valence-corrected chi connectivity index (χ1v) is 5.37. The predicted molar refractivity (Wildman–Crippen MR) is 62.7 cm³/mol. The lowest BCUT2D eigenvalue weighted by Gasteiger charge is -2.11. The molecule has 86 valence electrons. The van der Waals surface area contributed by atoms with Crippen molar-refractivity contribution in [3.05, 3.63) is 41.8 Å². The second-order valence-corrected chi connectivity index (χ2v) is 4.06. The van der Waals surface area contributed by atoms with Gasteiger partial charge in [-0.2, -0.15) is 10.4 Å². The topological polar surface area (TPSA) is 41.6 Å². The van der Waals surface area contributed by atoms with E-state index in [1.807, 2.05) is 19.9 Å². The minimum Gasteiger partial charge on any atom is -0.262 e. The molecule has 0 N–H and O–H groups in total. The highest BCUT2D eigenvalue weighted by atomic mass is 19.1. The molecular weight excluding hydrogens is 217 g/mol. The lowest BCUT2D eigenvalue weighted by atomic mass is 10.1. The fourth-order valence-corrected chi connectivity index (χ4v) is 1.73. The Hall–Kier alpha value is -2.15. The average molecular weight is 229 g/mol. The fourth-order valence-electron chi connectivity index (χ4n) is 1.73. The zero-order chi connectivity index (χ0) is 12.4. The molecule has 0 unspecified atom stereocenters. The molecule has 0 radical (unpaired) electrons. The molecule has 0 aliphatic rings. The van der Waals surface area contributed by atoms with Gasteiger partial charge in [-0.3, -0.25) is 4.68 Å². The molecule has 1 heterocycles. The van der Waals surface area contributed by atoms with Crippen molar-refractivity contribution in [2.75, 3.05) is 0 Å². The second kappa shape index (κ2) is 4.38. The number of nitriles is 1. The lowest BCUT2D eigenvalue weighted by molar-refractivity contribution is 0.535. The third-order valence-corrected chi connectivity index (χ3v) is 2.53. The zero-order valence-corrected chi connectivity index (χ0v) is 9.68. The summed E-state index contributed by atoms with van der Waals surface area (Å²) in [6.45, 7) is 3.97. The van der Waals surface area contributed by atoms with Crippen LogP contribution in [0.15, 0.2) is 30.5 Å². The first-order valence-electron chi connectivity index (χ1n) is 5.37. The van der Waals surface area contributed by atoms with E-state index < -0.39 is 5.82 Å². The van der Waals surface area contributed by atoms with Crippen molar-refractivity contribution in [2.45, 2.75) is 19.9 Å². The monoisotopic (exact) mass is 229 g/mol. The van der Waals surface area contributed by atoms with Gasteiger partial charge in [0.05, 0.1) is 17.3 Å². The van der Waals surface area contributed by atoms with Crippen LogP contribution in [-0.4, -0.2) is 9.78 Å². The summed E-state index contributed by atoms with van der Waals surface area (Å²) in [6, 6.07) is 8.31. The maximum Gasteiger partial charge on any atom is 0.133 e. The molecule has 1 aromatic heterocycles. The van der Waals surface area contributed by atoms with Crippen LogP contribution in [0.4, 0.5) is 4.39 Å². The largest absolute Gasteiger partial charge is 0.262 e. The molecule has 0 aliphatic carbocycles. The number of hydrogen-bond donors (Lipinski definition) is 0. The normalized spacial score (nSPS) is 10.5. The highest BCUT2D eigenvalue weighted by Gasteiger charge is 2.12. The van der Waals surface area contributed by atoms with Gasteiger partial charge in [0.2, 0.25) is 0 Å². The van der Waals surface area contributed by atoms with E-state index in [1.54, 1.807) is 29.1 Å². The first-order chi connectivity index (χ1) is 8.13. The molecule has 1 aromatic carbocycles. The van der Waals surface area contributed by atoms with Crippen molar-refractivity contribution in [1.29, 1.82) is 5.26 Å². The summed E-state index contributed by atoms with van der Waals surface area (Å²) in [7, 11) is 0. The maximum absolute atomic E-state index is 13.9. The van der Waals surface area contributed by atoms with Gasteiger partial charge in [0.1, 0.15) is 5.82 Å². The lowest BCUT2D eigenvalue weighted by Crippen LogP contribution is -2.05. The van der Waals surface area contributed by atoms with Crippen molar-refractivity contribution in [1.82, 2.24) is 9.78 Å². The molecule has 3 nitrogen and oxygen atoms in total. The van der Waals surface area contributed by atoms with Crippen LogP contribution in [0.2, 0.25) is 0 Å². The van der Waals surface area contributed by atoms with E-state index in [0.717, 1.165) is 5.69 Å². The van der Waals surface area contributed by atoms with Gasteiger partial charge in [0, 0.05) is 17.8 Å². The van der Waals surface area contributed by atoms with Crippen LogP contribution in [0.1, 0.15) is 25.5 Å². The van der Waals surface area contributed by atoms with Crippen molar-refractivity contribution in [3.8, 4) is 17.3 Å². The Morgan fingerprint density at radius 2 is 2.12 bits per heavy atom. The van der Waals surface area contributed by atoms with Gasteiger partial charge in [0.25, 0.3) is 0 Å². The van der Waals surface area contributed by atoms with E-state index in [0.29, 0.717) is 11.1 Å². The van der Waals surface area contributed by atoms with Gasteiger partial charge in [0.15, 0.2) is 0 Å². The highest BCUT2D eigenvalue weighted by molar-refractivity contribution is 5.61. The molecular formula is C13H12FN3. The maximum atomic E-state index is 13.9. The number of halogens is 1. The van der Waals surface area contributed by atoms with E-state index in [4.69, 9.17) is 5.26 Å². The van der Waals surface area contributed by atoms with Crippen LogP contribution in [0.25, 0.3) is 11.3 Å². The predicted octanol–water partition coefficient (Wildman–Crippen LogP) is 3.14. The van der Waals surface area contributed by atoms with Crippen molar-refractivity contribution >= 4 is 0 Å². The Morgan fingerprint density at radius 3 is 2.71 bits per heavy atom. The molecule has 0 spiro atoms. The van der Waals surface area contributed by atoms with Gasteiger partial charge < -0.3 is 0 Å². The molecule has 2 aromatic rings. The van der Waals surface area contributed by atoms with Crippen LogP contribution in [0.5, 0.6) is 0 Å². The number of hydrogen-bond acceptors (Lipinski definition) is 2. The molecule has 2 rings (SSSR count). The SMILES string of the molecule is CC(C)n1nccc1-c1ccc(C#N)cc1F. The standard InChI is InChI=1S/C13H12FN3/c1-9(2)17-13(5-6-16-17)11-4-3-10(8-15)7-12(11)14/h3-7,9H,1-2H3. The molecule has 0 saturated carbocycles. The van der Waals surface area contributed by atoms with Gasteiger partial charge in [-0.15, -0.1) is 0 Å². The van der Waals surface area contributed by atoms with Gasteiger partial charge in [-0.05, 0) is 38.1 Å². The zero-order valence-electron chi connectivity index (χ0n) is 9.68. The molecule has 17 heavy (non-hydrogen) atoms. The van der Waals surface area contributed by atoms with E-state index in [1.165, 1.54) is 6.07 Å². The fraction of sp³-hybridized carbons (Fsp3) is 0.231. The van der Waals surface area contributed by atoms with E-state index in [9.17, 15) is 4.39 Å². The molecule has 0 amide bonds. The Labute approximate surface area is 99.1 Å². The summed E-state index contributed by atoms with van der Waals surface area (Å²) in [4.78, 5) is 0. The average Bonchev–Trinajstić information content (AvgIpc) is 2.77. The van der Waals surface area contributed by atoms with E-state index in [2.05, 4.69) is 5.10 Å². The molecule has 4 heteroatoms. The first kappa shape index (κ1) is 11.3. The Bertz CT molecular complexity index is 579. The summed E-state index contributed by atoms with van der Waals surface area (Å²) in [6.07, 6.45) is 1.65. The van der Waals surface area contributed by atoms with Crippen LogP contribution >= 0.6 is 0 Å². The summed E-state index contributed by atoms with van der Waals surface area (Å²) in [5, 5.41) is 12.9. The molecule has 0 aliphatic heterocycles. The number of aromatic nitrogens is 2. The molecule has 0 bridgehead atoms. The van der Waals surface area contributed by atoms with E-state index >= 15 is 0 Å². The summed E-state index contributed by atoms with van der Waals surface area (Å²) in [5.41, 5.74) is 1.51. The van der Waals surface area contributed by atoms with Gasteiger partial charge >= 0.3 is 0 Å². The Balaban J connectivity index is 2.54. The smallest absolute Gasteiger partial charge is 0.133 e. The summed E-state index contributed by atoms with van der Waals surface area (Å²) in [5.74, 6) is -0.397. The van der Waals surface area contributed by atoms with Crippen LogP contribution in [0, 0.1) is 17.1 Å². The molecule has 0 fully saturated rings. The van der Waals surface area contributed by atoms with Crippen molar-refractivity contribution < 1.29 is 4.39 Å². The van der Waals surface area contributed by atoms with Crippen molar-refractivity contribution in [2.24, 2.45) is 0 Å². The molecule has 0 atom stereocenters. The van der Waals surface area contributed by atoms with Gasteiger partial charge in [-0.1, -0.05) is 0 Å². The minimum absolute atomic E-state index is 0.162. The van der Waals surface area contributed by atoms with Crippen LogP contribution in [-0.2, 0) is 0 Å². The third-order valence-electron chi connectivity index (χ3n) is 2.53. The Kier molecular flexibility index (Phi) is 2.92. The van der Waals surface area contributed by atoms with Gasteiger partial charge in [-0.25, -0.2) is 4.39 Å². The third kappa shape index (κ3) is 2.04. The van der Waals surface area contributed by atoms with E-state index in [-0.39, 0.29) is 6.04 Å². The summed E-state index contributed by atoms with van der Waals surface area (Å²) < 4.78 is 15.6. The summed E-state index contributed by atoms with van der Waals surface area (Å²) >= 11 is 0.